The molecule has 0 saturated carbocycles. The van der Waals surface area contributed by atoms with Gasteiger partial charge in [0.25, 0.3) is 5.91 Å². The van der Waals surface area contributed by atoms with Crippen molar-refractivity contribution in [3.05, 3.63) is 23.8 Å². The molecule has 2 heterocycles. The molecule has 0 aromatic carbocycles. The number of carbonyl (C=O) groups excluding carboxylic acids is 1. The normalized spacial score (nSPS) is 18.7. The van der Waals surface area contributed by atoms with Crippen molar-refractivity contribution in [2.45, 2.75) is 32.2 Å². The predicted octanol–water partition coefficient (Wildman–Crippen LogP) is 0.999. The highest BCUT2D eigenvalue weighted by molar-refractivity contribution is 5.92. The Morgan fingerprint density at radius 3 is 2.50 bits per heavy atom. The maximum Gasteiger partial charge on any atom is 0.274 e. The molecule has 98 valence electrons. The Labute approximate surface area is 108 Å². The van der Waals surface area contributed by atoms with E-state index in [1.165, 1.54) is 0 Å². The number of hydrogen-bond acceptors (Lipinski definition) is 4. The Balaban J connectivity index is 2.01. The minimum Gasteiger partial charge on any atom is -0.337 e. The van der Waals surface area contributed by atoms with Crippen LogP contribution < -0.4 is 5.32 Å². The van der Waals surface area contributed by atoms with Crippen molar-refractivity contribution < 1.29 is 4.79 Å². The number of nitrogens with one attached hydrogen (secondary N) is 1. The monoisotopic (exact) mass is 248 g/mol. The zero-order valence-electron chi connectivity index (χ0n) is 11.2. The van der Waals surface area contributed by atoms with Crippen LogP contribution in [-0.2, 0) is 0 Å². The molecule has 0 atom stereocenters. The fourth-order valence-electron chi connectivity index (χ4n) is 2.12. The average Bonchev–Trinajstić information content (AvgIpc) is 2.40. The number of carbonyl (C=O) groups is 1. The van der Waals surface area contributed by atoms with Crippen LogP contribution in [-0.4, -0.2) is 46.5 Å². The first-order chi connectivity index (χ1) is 8.54. The van der Waals surface area contributed by atoms with Crippen LogP contribution in [0.1, 0.15) is 35.9 Å². The molecule has 0 spiro atoms. The molecule has 1 aromatic heterocycles. The lowest BCUT2D eigenvalue weighted by atomic mass is 9.90. The quantitative estimate of drug-likeness (QED) is 0.848. The van der Waals surface area contributed by atoms with Crippen LogP contribution in [0.15, 0.2) is 12.4 Å². The molecule has 18 heavy (non-hydrogen) atoms. The lowest BCUT2D eigenvalue weighted by Gasteiger charge is -2.39. The van der Waals surface area contributed by atoms with Gasteiger partial charge in [-0.1, -0.05) is 0 Å². The summed E-state index contributed by atoms with van der Waals surface area (Å²) in [6.07, 6.45) is 5.13. The average molecular weight is 248 g/mol. The standard InChI is InChI=1S/C13H20N4O/c1-10-8-16-11(9-15-10)12(18)17-6-4-13(2,14-3)5-7-17/h8-9,14H,4-7H2,1-3H3. The van der Waals surface area contributed by atoms with E-state index in [4.69, 9.17) is 0 Å². The maximum absolute atomic E-state index is 12.2. The molecule has 1 aromatic rings. The third-order valence-corrected chi connectivity index (χ3v) is 3.76. The summed E-state index contributed by atoms with van der Waals surface area (Å²) < 4.78 is 0. The molecule has 1 saturated heterocycles. The molecule has 1 amide bonds. The lowest BCUT2D eigenvalue weighted by Crippen LogP contribution is -2.51. The fraction of sp³-hybridized carbons (Fsp3) is 0.615. The summed E-state index contributed by atoms with van der Waals surface area (Å²) in [6, 6.07) is 0. The van der Waals surface area contributed by atoms with Crippen LogP contribution in [0.4, 0.5) is 0 Å². The van der Waals surface area contributed by atoms with Crippen LogP contribution in [0.2, 0.25) is 0 Å². The smallest absolute Gasteiger partial charge is 0.274 e. The first-order valence-corrected chi connectivity index (χ1v) is 6.31. The second kappa shape index (κ2) is 5.02. The largest absolute Gasteiger partial charge is 0.337 e. The van der Waals surface area contributed by atoms with Crippen molar-refractivity contribution in [2.75, 3.05) is 20.1 Å². The van der Waals surface area contributed by atoms with Crippen LogP contribution in [0.3, 0.4) is 0 Å². The Morgan fingerprint density at radius 2 is 2.00 bits per heavy atom. The summed E-state index contributed by atoms with van der Waals surface area (Å²) in [6.45, 7) is 5.60. The van der Waals surface area contributed by atoms with Gasteiger partial charge in [0.1, 0.15) is 5.69 Å². The second-order valence-electron chi connectivity index (χ2n) is 5.15. The van der Waals surface area contributed by atoms with E-state index in [1.807, 2.05) is 18.9 Å². The molecule has 1 fully saturated rings. The Morgan fingerprint density at radius 1 is 1.33 bits per heavy atom. The van der Waals surface area contributed by atoms with Crippen LogP contribution in [0, 0.1) is 6.92 Å². The minimum atomic E-state index is -0.0133. The van der Waals surface area contributed by atoms with Crippen molar-refractivity contribution >= 4 is 5.91 Å². The van der Waals surface area contributed by atoms with Crippen molar-refractivity contribution in [3.63, 3.8) is 0 Å². The molecule has 1 N–H and O–H groups in total. The maximum atomic E-state index is 12.2. The number of piperidine rings is 1. The summed E-state index contributed by atoms with van der Waals surface area (Å²) in [7, 11) is 1.98. The molecule has 0 radical (unpaired) electrons. The molecular weight excluding hydrogens is 228 g/mol. The van der Waals surface area contributed by atoms with Gasteiger partial charge in [0.15, 0.2) is 0 Å². The first-order valence-electron chi connectivity index (χ1n) is 6.31. The molecule has 0 bridgehead atoms. The number of aryl methyl sites for hydroxylation is 1. The van der Waals surface area contributed by atoms with Crippen LogP contribution >= 0.6 is 0 Å². The summed E-state index contributed by atoms with van der Waals surface area (Å²) in [5.74, 6) is -0.0133. The van der Waals surface area contributed by atoms with E-state index >= 15 is 0 Å². The third kappa shape index (κ3) is 2.67. The molecule has 5 heteroatoms. The van der Waals surface area contributed by atoms with E-state index < -0.39 is 0 Å². The van der Waals surface area contributed by atoms with Gasteiger partial charge < -0.3 is 10.2 Å². The van der Waals surface area contributed by atoms with E-state index in [9.17, 15) is 4.79 Å². The summed E-state index contributed by atoms with van der Waals surface area (Å²) in [5.41, 5.74) is 1.41. The Hall–Kier alpha value is -1.49. The van der Waals surface area contributed by atoms with Crippen molar-refractivity contribution in [1.82, 2.24) is 20.2 Å². The second-order valence-corrected chi connectivity index (χ2v) is 5.15. The number of nitrogens with zero attached hydrogens (tertiary/aromatic N) is 3. The molecular formula is C13H20N4O. The van der Waals surface area contributed by atoms with Crippen LogP contribution in [0.25, 0.3) is 0 Å². The fourth-order valence-corrected chi connectivity index (χ4v) is 2.12. The number of likely N-dealkylation sites (tertiary alicyclic amines) is 1. The minimum absolute atomic E-state index is 0.0133. The van der Waals surface area contributed by atoms with Crippen molar-refractivity contribution in [1.29, 1.82) is 0 Å². The highest BCUT2D eigenvalue weighted by Gasteiger charge is 2.31. The Kier molecular flexibility index (Phi) is 3.61. The Bertz CT molecular complexity index is 421. The van der Waals surface area contributed by atoms with E-state index in [2.05, 4.69) is 22.2 Å². The van der Waals surface area contributed by atoms with Gasteiger partial charge in [-0.2, -0.15) is 0 Å². The van der Waals surface area contributed by atoms with Gasteiger partial charge in [0.05, 0.1) is 11.9 Å². The number of hydrogen-bond donors (Lipinski definition) is 1. The topological polar surface area (TPSA) is 58.1 Å². The number of aromatic nitrogens is 2. The molecule has 1 aliphatic heterocycles. The SMILES string of the molecule is CNC1(C)CCN(C(=O)c2cnc(C)cn2)CC1. The summed E-state index contributed by atoms with van der Waals surface area (Å²) in [5, 5.41) is 3.32. The van der Waals surface area contributed by atoms with E-state index in [0.29, 0.717) is 5.69 Å². The highest BCUT2D eigenvalue weighted by atomic mass is 16.2. The number of rotatable bonds is 2. The van der Waals surface area contributed by atoms with Gasteiger partial charge in [-0.15, -0.1) is 0 Å². The molecule has 5 nitrogen and oxygen atoms in total. The molecule has 0 aliphatic carbocycles. The predicted molar refractivity (Wildman–Crippen MR) is 69.4 cm³/mol. The van der Waals surface area contributed by atoms with Crippen molar-refractivity contribution in [2.24, 2.45) is 0 Å². The van der Waals surface area contributed by atoms with Crippen LogP contribution in [0.5, 0.6) is 0 Å². The highest BCUT2D eigenvalue weighted by Crippen LogP contribution is 2.21. The summed E-state index contributed by atoms with van der Waals surface area (Å²) >= 11 is 0. The van der Waals surface area contributed by atoms with E-state index in [-0.39, 0.29) is 11.4 Å². The lowest BCUT2D eigenvalue weighted by molar-refractivity contribution is 0.0655. The van der Waals surface area contributed by atoms with Gasteiger partial charge in [-0.25, -0.2) is 4.98 Å². The van der Waals surface area contributed by atoms with E-state index in [0.717, 1.165) is 31.6 Å². The molecule has 0 unspecified atom stereocenters. The molecule has 2 rings (SSSR count). The molecule has 1 aliphatic rings. The van der Waals surface area contributed by atoms with Gasteiger partial charge in [-0.3, -0.25) is 9.78 Å². The summed E-state index contributed by atoms with van der Waals surface area (Å²) in [4.78, 5) is 22.3. The van der Waals surface area contributed by atoms with Crippen molar-refractivity contribution in [3.8, 4) is 0 Å². The van der Waals surface area contributed by atoms with Gasteiger partial charge in [0.2, 0.25) is 0 Å². The van der Waals surface area contributed by atoms with Gasteiger partial charge in [-0.05, 0) is 33.7 Å². The van der Waals surface area contributed by atoms with Gasteiger partial charge in [0, 0.05) is 24.8 Å². The van der Waals surface area contributed by atoms with Gasteiger partial charge >= 0.3 is 0 Å². The number of amides is 1. The van der Waals surface area contributed by atoms with E-state index in [1.54, 1.807) is 12.4 Å². The third-order valence-electron chi connectivity index (χ3n) is 3.76. The zero-order chi connectivity index (χ0) is 13.2. The first kappa shape index (κ1) is 13.0. The zero-order valence-corrected chi connectivity index (χ0v) is 11.2.